The Hall–Kier alpha value is -3.73. The summed E-state index contributed by atoms with van der Waals surface area (Å²) in [6, 6.07) is 19.8. The van der Waals surface area contributed by atoms with Crippen LogP contribution >= 0.6 is 0 Å². The minimum absolute atomic E-state index is 0.300. The average molecular weight is 419 g/mol. The van der Waals surface area contributed by atoms with Gasteiger partial charge in [0.1, 0.15) is 5.60 Å². The van der Waals surface area contributed by atoms with Crippen molar-refractivity contribution in [3.8, 4) is 17.2 Å². The van der Waals surface area contributed by atoms with Crippen LogP contribution in [-0.2, 0) is 17.7 Å². The Bertz CT molecular complexity index is 1030. The average Bonchev–Trinajstić information content (AvgIpc) is 3.18. The lowest BCUT2D eigenvalue weighted by atomic mass is 9.99. The van der Waals surface area contributed by atoms with Crippen molar-refractivity contribution in [2.24, 2.45) is 0 Å². The lowest BCUT2D eigenvalue weighted by molar-refractivity contribution is 0.0502. The van der Waals surface area contributed by atoms with E-state index in [0.717, 1.165) is 16.7 Å². The highest BCUT2D eigenvalue weighted by atomic mass is 16.6. The summed E-state index contributed by atoms with van der Waals surface area (Å²) in [4.78, 5) is 12.5. The Morgan fingerprint density at radius 1 is 1.13 bits per heavy atom. The molecule has 8 heteroatoms. The maximum Gasteiger partial charge on any atom is 0.408 e. The minimum atomic E-state index is -0.611. The molecule has 3 aromatic rings. The number of rotatable bonds is 7. The lowest BCUT2D eigenvalue weighted by Gasteiger charge is -2.24. The van der Waals surface area contributed by atoms with Crippen molar-refractivity contribution in [3.05, 3.63) is 66.0 Å². The monoisotopic (exact) mass is 418 g/mol. The van der Waals surface area contributed by atoms with Crippen LogP contribution in [0.4, 0.5) is 4.79 Å². The number of ether oxygens (including phenoxy) is 1. The van der Waals surface area contributed by atoms with E-state index < -0.39 is 17.7 Å². The van der Waals surface area contributed by atoms with Crippen LogP contribution in [0.3, 0.4) is 0 Å². The van der Waals surface area contributed by atoms with E-state index in [9.17, 15) is 4.79 Å². The topological polar surface area (TPSA) is 106 Å². The number of hydrogen-bond donors (Lipinski definition) is 1. The fraction of sp³-hybridized carbons (Fsp3) is 0.348. The number of benzene rings is 2. The number of tetrazole rings is 1. The van der Waals surface area contributed by atoms with Crippen molar-refractivity contribution in [1.29, 1.82) is 5.26 Å². The molecule has 1 heterocycles. The molecule has 160 valence electrons. The second-order valence-corrected chi connectivity index (χ2v) is 8.12. The highest BCUT2D eigenvalue weighted by Crippen LogP contribution is 2.24. The number of nitriles is 1. The van der Waals surface area contributed by atoms with E-state index in [2.05, 4.69) is 39.0 Å². The van der Waals surface area contributed by atoms with E-state index >= 15 is 0 Å². The zero-order valence-electron chi connectivity index (χ0n) is 17.9. The lowest BCUT2D eigenvalue weighted by Crippen LogP contribution is -2.36. The zero-order valence-corrected chi connectivity index (χ0v) is 17.9. The van der Waals surface area contributed by atoms with Gasteiger partial charge in [0.2, 0.25) is 0 Å². The molecule has 0 bridgehead atoms. The summed E-state index contributed by atoms with van der Waals surface area (Å²) >= 11 is 0. The van der Waals surface area contributed by atoms with Crippen LogP contribution < -0.4 is 5.32 Å². The smallest absolute Gasteiger partial charge is 0.408 e. The van der Waals surface area contributed by atoms with Gasteiger partial charge in [-0.25, -0.2) is 9.48 Å². The van der Waals surface area contributed by atoms with Crippen molar-refractivity contribution >= 4 is 6.09 Å². The summed E-state index contributed by atoms with van der Waals surface area (Å²) in [5, 5.41) is 23.6. The first-order valence-electron chi connectivity index (χ1n) is 10.1. The van der Waals surface area contributed by atoms with E-state index in [4.69, 9.17) is 10.00 Å². The number of carbonyl (C=O) groups is 1. The van der Waals surface area contributed by atoms with Gasteiger partial charge >= 0.3 is 6.09 Å². The third kappa shape index (κ3) is 6.37. The molecule has 8 nitrogen and oxygen atoms in total. The highest BCUT2D eigenvalue weighted by molar-refractivity contribution is 5.69. The second kappa shape index (κ2) is 9.85. The van der Waals surface area contributed by atoms with E-state index in [0.29, 0.717) is 25.2 Å². The molecular formula is C23H26N6O2. The normalized spacial score (nSPS) is 12.1. The van der Waals surface area contributed by atoms with E-state index in [-0.39, 0.29) is 0 Å². The molecule has 0 aliphatic carbocycles. The second-order valence-electron chi connectivity index (χ2n) is 8.12. The van der Waals surface area contributed by atoms with Gasteiger partial charge < -0.3 is 10.1 Å². The Balaban J connectivity index is 1.84. The Labute approximate surface area is 181 Å². The molecule has 0 aliphatic heterocycles. The van der Waals surface area contributed by atoms with Crippen molar-refractivity contribution in [2.45, 2.75) is 51.8 Å². The molecule has 0 aliphatic rings. The molecule has 1 atom stereocenters. The number of hydrogen-bond acceptors (Lipinski definition) is 6. The quantitative estimate of drug-likeness (QED) is 0.620. The third-order valence-electron chi connectivity index (χ3n) is 4.54. The first kappa shape index (κ1) is 22.0. The van der Waals surface area contributed by atoms with Gasteiger partial charge in [-0.2, -0.15) is 5.26 Å². The van der Waals surface area contributed by atoms with Gasteiger partial charge in [0.05, 0.1) is 25.1 Å². The standard InChI is InChI=1S/C23H26N6O2/c1-23(2,3)31-22(30)25-20(16-21-26-27-28-29(21)15-7-14-24)19-12-10-18(11-13-19)17-8-5-4-6-9-17/h4-6,8-13,20H,7,15-16H2,1-3H3,(H,25,30). The zero-order chi connectivity index (χ0) is 22.3. The van der Waals surface area contributed by atoms with Gasteiger partial charge in [-0.3, -0.25) is 0 Å². The fourth-order valence-electron chi connectivity index (χ4n) is 3.12. The van der Waals surface area contributed by atoms with Crippen molar-refractivity contribution < 1.29 is 9.53 Å². The molecule has 0 radical (unpaired) electrons. The maximum absolute atomic E-state index is 12.5. The van der Waals surface area contributed by atoms with Crippen LogP contribution in [0.15, 0.2) is 54.6 Å². The number of amides is 1. The van der Waals surface area contributed by atoms with Crippen molar-refractivity contribution in [2.75, 3.05) is 0 Å². The van der Waals surface area contributed by atoms with Crippen LogP contribution in [0.2, 0.25) is 0 Å². The van der Waals surface area contributed by atoms with Gasteiger partial charge in [-0.05, 0) is 47.9 Å². The number of nitrogens with one attached hydrogen (secondary N) is 1. The van der Waals surface area contributed by atoms with E-state index in [1.54, 1.807) is 4.68 Å². The predicted octanol–water partition coefficient (Wildman–Crippen LogP) is 4.06. The first-order chi connectivity index (χ1) is 14.9. The van der Waals surface area contributed by atoms with Crippen molar-refractivity contribution in [3.63, 3.8) is 0 Å². The van der Waals surface area contributed by atoms with Gasteiger partial charge in [0, 0.05) is 6.42 Å². The minimum Gasteiger partial charge on any atom is -0.444 e. The molecule has 1 amide bonds. The number of alkyl carbamates (subject to hydrolysis) is 1. The number of nitrogens with zero attached hydrogens (tertiary/aromatic N) is 5. The van der Waals surface area contributed by atoms with E-state index in [1.165, 1.54) is 0 Å². The summed E-state index contributed by atoms with van der Waals surface area (Å²) in [5.41, 5.74) is 2.49. The molecule has 1 N–H and O–H groups in total. The molecule has 3 rings (SSSR count). The molecule has 0 saturated carbocycles. The highest BCUT2D eigenvalue weighted by Gasteiger charge is 2.23. The molecule has 0 saturated heterocycles. The van der Waals surface area contributed by atoms with Crippen molar-refractivity contribution in [1.82, 2.24) is 25.5 Å². The molecule has 31 heavy (non-hydrogen) atoms. The summed E-state index contributed by atoms with van der Waals surface area (Å²) in [6.45, 7) is 5.85. The summed E-state index contributed by atoms with van der Waals surface area (Å²) in [6.07, 6.45) is 0.150. The number of aryl methyl sites for hydroxylation is 1. The molecular weight excluding hydrogens is 392 g/mol. The van der Waals surface area contributed by atoms with Crippen LogP contribution in [0.1, 0.15) is 44.6 Å². The summed E-state index contributed by atoms with van der Waals surface area (Å²) in [7, 11) is 0. The fourth-order valence-corrected chi connectivity index (χ4v) is 3.12. The van der Waals surface area contributed by atoms with E-state index in [1.807, 2.05) is 63.2 Å². The van der Waals surface area contributed by atoms with Crippen LogP contribution in [0, 0.1) is 11.3 Å². The van der Waals surface area contributed by atoms with Crippen LogP contribution in [0.25, 0.3) is 11.1 Å². The molecule has 0 spiro atoms. The first-order valence-corrected chi connectivity index (χ1v) is 10.1. The molecule has 1 unspecified atom stereocenters. The Morgan fingerprint density at radius 2 is 1.81 bits per heavy atom. The predicted molar refractivity (Wildman–Crippen MR) is 116 cm³/mol. The van der Waals surface area contributed by atoms with Gasteiger partial charge in [0.15, 0.2) is 5.82 Å². The SMILES string of the molecule is CC(C)(C)OC(=O)NC(Cc1nnnn1CCC#N)c1ccc(-c2ccccc2)cc1. The van der Waals surface area contributed by atoms with Gasteiger partial charge in [0.25, 0.3) is 0 Å². The maximum atomic E-state index is 12.5. The number of aromatic nitrogens is 4. The van der Waals surface area contributed by atoms with Gasteiger partial charge in [-0.1, -0.05) is 54.6 Å². The Kier molecular flexibility index (Phi) is 6.98. The van der Waals surface area contributed by atoms with Crippen LogP contribution in [-0.4, -0.2) is 31.9 Å². The summed E-state index contributed by atoms with van der Waals surface area (Å²) < 4.78 is 7.03. The number of carbonyl (C=O) groups excluding carboxylic acids is 1. The van der Waals surface area contributed by atoms with Crippen LogP contribution in [0.5, 0.6) is 0 Å². The third-order valence-corrected chi connectivity index (χ3v) is 4.54. The molecule has 0 fully saturated rings. The molecule has 2 aromatic carbocycles. The summed E-state index contributed by atoms with van der Waals surface area (Å²) in [5.74, 6) is 0.587. The molecule has 1 aromatic heterocycles. The Morgan fingerprint density at radius 3 is 2.45 bits per heavy atom. The largest absolute Gasteiger partial charge is 0.444 e. The van der Waals surface area contributed by atoms with Gasteiger partial charge in [-0.15, -0.1) is 5.10 Å².